The molecule has 2 N–H and O–H groups in total. The Morgan fingerprint density at radius 2 is 1.05 bits per heavy atom. The monoisotopic (exact) mass is 342 g/mol. The van der Waals surface area contributed by atoms with Gasteiger partial charge in [-0.2, -0.15) is 30.7 Å². The highest BCUT2D eigenvalue weighted by Crippen LogP contribution is 2.61. The Bertz CT molecular complexity index is 354. The molecule has 0 heterocycles. The number of phosphoric ester groups is 2. The van der Waals surface area contributed by atoms with Crippen LogP contribution in [0.1, 0.15) is 0 Å². The molecule has 15 heteroatoms. The first-order valence-electron chi connectivity index (χ1n) is 3.91. The normalized spacial score (nSPS) is 19.8. The maximum absolute atomic E-state index is 11.6. The summed E-state index contributed by atoms with van der Waals surface area (Å²) < 4.78 is 101. The molecule has 0 saturated heterocycles. The van der Waals surface area contributed by atoms with Crippen molar-refractivity contribution in [3.63, 3.8) is 0 Å². The van der Waals surface area contributed by atoms with E-state index in [-0.39, 0.29) is 0 Å². The van der Waals surface area contributed by atoms with Gasteiger partial charge in [0.2, 0.25) is 0 Å². The zero-order valence-electron chi connectivity index (χ0n) is 8.51. The van der Waals surface area contributed by atoms with Crippen LogP contribution in [0.5, 0.6) is 0 Å². The lowest BCUT2D eigenvalue weighted by molar-refractivity contribution is -0.159. The summed E-state index contributed by atoms with van der Waals surface area (Å²) in [6, 6.07) is 0. The van der Waals surface area contributed by atoms with Crippen LogP contribution >= 0.6 is 15.6 Å². The summed E-state index contributed by atoms with van der Waals surface area (Å²) in [7, 11) is -11.4. The van der Waals surface area contributed by atoms with Gasteiger partial charge in [-0.1, -0.05) is 0 Å². The molecular weight excluding hydrogens is 336 g/mol. The van der Waals surface area contributed by atoms with Crippen LogP contribution in [0.15, 0.2) is 0 Å². The van der Waals surface area contributed by atoms with Gasteiger partial charge in [0, 0.05) is 0 Å². The van der Waals surface area contributed by atoms with Crippen molar-refractivity contribution in [3.8, 4) is 0 Å². The predicted octanol–water partition coefficient (Wildman–Crippen LogP) is 2.36. The number of phosphoric acid groups is 2. The van der Waals surface area contributed by atoms with Crippen LogP contribution in [0.2, 0.25) is 0 Å². The summed E-state index contributed by atoms with van der Waals surface area (Å²) >= 11 is 0. The maximum atomic E-state index is 11.6. The van der Waals surface area contributed by atoms with Crippen molar-refractivity contribution >= 4 is 15.6 Å². The smallest absolute Gasteiger partial charge is 0.302 e. The Labute approximate surface area is 101 Å². The summed E-state index contributed by atoms with van der Waals surface area (Å²) in [5.74, 6) is 0. The summed E-state index contributed by atoms with van der Waals surface area (Å²) in [5.41, 5.74) is 0. The highest BCUT2D eigenvalue weighted by Gasteiger charge is 2.41. The average molecular weight is 342 g/mol. The lowest BCUT2D eigenvalue weighted by Crippen LogP contribution is -2.17. The summed E-state index contributed by atoms with van der Waals surface area (Å²) in [5, 5.41) is 0. The van der Waals surface area contributed by atoms with E-state index in [9.17, 15) is 35.5 Å². The largest absolute Gasteiger partial charge is 0.481 e. The second-order valence-electron chi connectivity index (χ2n) is 2.80. The highest BCUT2D eigenvalue weighted by molar-refractivity contribution is 7.61. The minimum Gasteiger partial charge on any atom is -0.302 e. The minimum absolute atomic E-state index is 2.32. The van der Waals surface area contributed by atoms with Crippen LogP contribution in [0.25, 0.3) is 0 Å². The molecule has 0 aromatic carbocycles. The summed E-state index contributed by atoms with van der Waals surface area (Å²) in [4.78, 5) is 17.1. The lowest BCUT2D eigenvalue weighted by atomic mass is 10.7. The molecule has 2 unspecified atom stereocenters. The molecule has 0 saturated carbocycles. The molecule has 0 rings (SSSR count). The standard InChI is InChI=1S/C4H6F6O7P2/c5-3(6,7)1-15-18(11,12)17-19(13,14)16-2-4(8,9)10/h1-2H2,(H,11,12)(H,13,14). The molecule has 0 aromatic rings. The van der Waals surface area contributed by atoms with Crippen molar-refractivity contribution in [3.05, 3.63) is 0 Å². The lowest BCUT2D eigenvalue weighted by Gasteiger charge is -2.17. The third-order valence-corrected chi connectivity index (χ3v) is 3.55. The van der Waals surface area contributed by atoms with E-state index in [1.165, 1.54) is 0 Å². The van der Waals surface area contributed by atoms with Crippen molar-refractivity contribution in [2.75, 3.05) is 13.2 Å². The number of halogens is 6. The Balaban J connectivity index is 4.47. The van der Waals surface area contributed by atoms with E-state index in [0.717, 1.165) is 0 Å². The third kappa shape index (κ3) is 11.4. The first-order chi connectivity index (χ1) is 8.12. The van der Waals surface area contributed by atoms with Crippen molar-refractivity contribution in [2.45, 2.75) is 12.4 Å². The number of hydrogen-bond donors (Lipinski definition) is 2. The molecule has 116 valence electrons. The molecule has 0 fully saturated rings. The number of rotatable bonds is 6. The van der Waals surface area contributed by atoms with Crippen molar-refractivity contribution < 1.29 is 58.6 Å². The molecule has 0 spiro atoms. The Hall–Kier alpha value is -0.160. The van der Waals surface area contributed by atoms with E-state index in [1.807, 2.05) is 0 Å². The molecule has 2 atom stereocenters. The molecule has 0 aromatic heterocycles. The van der Waals surface area contributed by atoms with Gasteiger partial charge in [0.15, 0.2) is 13.2 Å². The fraction of sp³-hybridized carbons (Fsp3) is 1.00. The van der Waals surface area contributed by atoms with Gasteiger partial charge in [-0.25, -0.2) is 9.13 Å². The van der Waals surface area contributed by atoms with Crippen LogP contribution in [0, 0.1) is 0 Å². The predicted molar refractivity (Wildman–Crippen MR) is 44.7 cm³/mol. The highest BCUT2D eigenvalue weighted by atomic mass is 31.3. The Morgan fingerprint density at radius 3 is 1.26 bits per heavy atom. The van der Waals surface area contributed by atoms with Crippen LogP contribution in [0.3, 0.4) is 0 Å². The quantitative estimate of drug-likeness (QED) is 0.564. The average Bonchev–Trinajstić information content (AvgIpc) is 2.09. The maximum Gasteiger partial charge on any atom is 0.481 e. The molecule has 19 heavy (non-hydrogen) atoms. The fourth-order valence-corrected chi connectivity index (χ4v) is 2.53. The number of alkyl halides is 6. The second-order valence-corrected chi connectivity index (χ2v) is 5.84. The number of hydrogen-bond acceptors (Lipinski definition) is 5. The van der Waals surface area contributed by atoms with Gasteiger partial charge < -0.3 is 9.79 Å². The third-order valence-electron chi connectivity index (χ3n) is 0.989. The topological polar surface area (TPSA) is 102 Å². The van der Waals surface area contributed by atoms with Gasteiger partial charge in [-0.3, -0.25) is 9.05 Å². The molecule has 0 radical (unpaired) electrons. The van der Waals surface area contributed by atoms with Gasteiger partial charge in [-0.05, 0) is 0 Å². The van der Waals surface area contributed by atoms with E-state index in [4.69, 9.17) is 9.79 Å². The van der Waals surface area contributed by atoms with E-state index in [1.54, 1.807) is 0 Å². The van der Waals surface area contributed by atoms with Crippen LogP contribution in [-0.2, 0) is 22.5 Å². The zero-order chi connectivity index (χ0) is 15.5. The van der Waals surface area contributed by atoms with Crippen molar-refractivity contribution in [1.82, 2.24) is 0 Å². The van der Waals surface area contributed by atoms with Gasteiger partial charge in [0.25, 0.3) is 0 Å². The van der Waals surface area contributed by atoms with Crippen LogP contribution in [-0.4, -0.2) is 35.4 Å². The summed E-state index contributed by atoms with van der Waals surface area (Å²) in [6.07, 6.45) is -10.1. The molecule has 0 aliphatic rings. The van der Waals surface area contributed by atoms with E-state index in [0.29, 0.717) is 0 Å². The molecule has 0 bridgehead atoms. The first kappa shape index (κ1) is 18.8. The molecule has 0 aliphatic carbocycles. The van der Waals surface area contributed by atoms with E-state index in [2.05, 4.69) is 13.4 Å². The van der Waals surface area contributed by atoms with Gasteiger partial charge in [-0.15, -0.1) is 0 Å². The van der Waals surface area contributed by atoms with E-state index >= 15 is 0 Å². The van der Waals surface area contributed by atoms with Gasteiger partial charge in [0.1, 0.15) is 0 Å². The second kappa shape index (κ2) is 6.08. The molecule has 0 amide bonds. The minimum atomic E-state index is -5.72. The van der Waals surface area contributed by atoms with Gasteiger partial charge in [0.05, 0.1) is 0 Å². The molecule has 7 nitrogen and oxygen atoms in total. The molecular formula is C4H6F6O7P2. The van der Waals surface area contributed by atoms with Crippen LogP contribution in [0.4, 0.5) is 26.3 Å². The Morgan fingerprint density at radius 1 is 0.789 bits per heavy atom. The Kier molecular flexibility index (Phi) is 6.03. The molecule has 0 aliphatic heterocycles. The van der Waals surface area contributed by atoms with E-state index < -0.39 is 41.2 Å². The SMILES string of the molecule is O=P(O)(OCC(F)(F)F)OP(=O)(O)OCC(F)(F)F. The first-order valence-corrected chi connectivity index (χ1v) is 6.90. The van der Waals surface area contributed by atoms with Crippen molar-refractivity contribution in [2.24, 2.45) is 0 Å². The van der Waals surface area contributed by atoms with Crippen LogP contribution < -0.4 is 0 Å². The zero-order valence-corrected chi connectivity index (χ0v) is 10.3. The van der Waals surface area contributed by atoms with Gasteiger partial charge >= 0.3 is 28.0 Å². The van der Waals surface area contributed by atoms with Crippen molar-refractivity contribution in [1.29, 1.82) is 0 Å². The fourth-order valence-electron chi connectivity index (χ4n) is 0.487. The summed E-state index contributed by atoms with van der Waals surface area (Å²) in [6.45, 7) is -4.64.